The van der Waals surface area contributed by atoms with Gasteiger partial charge in [-0.1, -0.05) is 6.07 Å². The molecule has 0 aromatic carbocycles. The number of carbonyl (C=O) groups is 2. The SMILES string of the molecule is CC(C)N(Cc1cccs1)C(=O)CNC(=O)CN.Cl. The Hall–Kier alpha value is -1.11. The number of nitrogens with zero attached hydrogens (tertiary/aromatic N) is 1. The number of amides is 2. The summed E-state index contributed by atoms with van der Waals surface area (Å²) in [6.07, 6.45) is 0. The molecule has 5 nitrogen and oxygen atoms in total. The summed E-state index contributed by atoms with van der Waals surface area (Å²) in [5.41, 5.74) is 5.17. The standard InChI is InChI=1S/C12H19N3O2S.ClH/c1-9(2)15(8-10-4-3-5-18-10)12(17)7-14-11(16)6-13;/h3-5,9H,6-8,13H2,1-2H3,(H,14,16);1H. The summed E-state index contributed by atoms with van der Waals surface area (Å²) in [6, 6.07) is 4.04. The van der Waals surface area contributed by atoms with E-state index in [0.29, 0.717) is 6.54 Å². The van der Waals surface area contributed by atoms with Crippen LogP contribution in [0, 0.1) is 0 Å². The molecule has 0 atom stereocenters. The number of thiophene rings is 1. The molecule has 0 aliphatic rings. The first-order valence-corrected chi connectivity index (χ1v) is 6.71. The molecule has 0 bridgehead atoms. The minimum absolute atomic E-state index is 0. The molecule has 1 rings (SSSR count). The van der Waals surface area contributed by atoms with Crippen LogP contribution in [0.1, 0.15) is 18.7 Å². The van der Waals surface area contributed by atoms with Crippen molar-refractivity contribution in [3.63, 3.8) is 0 Å². The van der Waals surface area contributed by atoms with Crippen molar-refractivity contribution in [2.75, 3.05) is 13.1 Å². The van der Waals surface area contributed by atoms with Gasteiger partial charge in [0.2, 0.25) is 11.8 Å². The molecule has 0 radical (unpaired) electrons. The lowest BCUT2D eigenvalue weighted by molar-refractivity contribution is -0.134. The van der Waals surface area contributed by atoms with Crippen LogP contribution < -0.4 is 11.1 Å². The van der Waals surface area contributed by atoms with Gasteiger partial charge >= 0.3 is 0 Å². The molecule has 0 saturated carbocycles. The topological polar surface area (TPSA) is 75.4 Å². The molecule has 0 fully saturated rings. The second-order valence-electron chi connectivity index (χ2n) is 4.18. The number of nitrogens with two attached hydrogens (primary N) is 1. The van der Waals surface area contributed by atoms with Gasteiger partial charge in [-0.05, 0) is 25.3 Å². The van der Waals surface area contributed by atoms with Gasteiger partial charge in [0, 0.05) is 10.9 Å². The molecule has 3 N–H and O–H groups in total. The first-order chi connectivity index (χ1) is 8.54. The second-order valence-corrected chi connectivity index (χ2v) is 5.21. The maximum absolute atomic E-state index is 12.0. The van der Waals surface area contributed by atoms with E-state index < -0.39 is 0 Å². The number of carbonyl (C=O) groups excluding carboxylic acids is 2. The van der Waals surface area contributed by atoms with E-state index in [1.807, 2.05) is 31.4 Å². The molecule has 0 saturated heterocycles. The predicted octanol–water partition coefficient (Wildman–Crippen LogP) is 0.982. The van der Waals surface area contributed by atoms with Crippen molar-refractivity contribution in [2.45, 2.75) is 26.4 Å². The fraction of sp³-hybridized carbons (Fsp3) is 0.500. The van der Waals surface area contributed by atoms with E-state index >= 15 is 0 Å². The molecular weight excluding hydrogens is 286 g/mol. The fourth-order valence-corrected chi connectivity index (χ4v) is 2.18. The predicted molar refractivity (Wildman–Crippen MR) is 79.3 cm³/mol. The average molecular weight is 306 g/mol. The van der Waals surface area contributed by atoms with Gasteiger partial charge in [0.05, 0.1) is 19.6 Å². The van der Waals surface area contributed by atoms with E-state index in [1.54, 1.807) is 16.2 Å². The van der Waals surface area contributed by atoms with Crippen molar-refractivity contribution in [3.05, 3.63) is 22.4 Å². The Morgan fingerprint density at radius 2 is 2.16 bits per heavy atom. The third-order valence-corrected chi connectivity index (χ3v) is 3.33. The van der Waals surface area contributed by atoms with Crippen molar-refractivity contribution in [1.29, 1.82) is 0 Å². The van der Waals surface area contributed by atoms with Gasteiger partial charge in [-0.15, -0.1) is 23.7 Å². The molecule has 108 valence electrons. The van der Waals surface area contributed by atoms with Crippen molar-refractivity contribution in [3.8, 4) is 0 Å². The lowest BCUT2D eigenvalue weighted by Crippen LogP contribution is -2.44. The molecule has 1 aromatic heterocycles. The van der Waals surface area contributed by atoms with Crippen LogP contribution in [-0.4, -0.2) is 35.8 Å². The van der Waals surface area contributed by atoms with E-state index in [1.165, 1.54) is 0 Å². The monoisotopic (exact) mass is 305 g/mol. The molecule has 7 heteroatoms. The smallest absolute Gasteiger partial charge is 0.242 e. The van der Waals surface area contributed by atoms with Gasteiger partial charge < -0.3 is 16.0 Å². The Morgan fingerprint density at radius 3 is 2.63 bits per heavy atom. The van der Waals surface area contributed by atoms with Crippen LogP contribution in [0.5, 0.6) is 0 Å². The minimum atomic E-state index is -0.317. The number of hydrogen-bond donors (Lipinski definition) is 2. The largest absolute Gasteiger partial charge is 0.346 e. The van der Waals surface area contributed by atoms with Gasteiger partial charge in [0.15, 0.2) is 0 Å². The Balaban J connectivity index is 0.00000324. The highest BCUT2D eigenvalue weighted by Crippen LogP contribution is 2.13. The summed E-state index contributed by atoms with van der Waals surface area (Å²) in [5.74, 6) is -0.414. The molecule has 0 aliphatic carbocycles. The van der Waals surface area contributed by atoms with Crippen LogP contribution in [0.2, 0.25) is 0 Å². The lowest BCUT2D eigenvalue weighted by Gasteiger charge is -2.26. The van der Waals surface area contributed by atoms with E-state index in [4.69, 9.17) is 5.73 Å². The van der Waals surface area contributed by atoms with Crippen LogP contribution in [-0.2, 0) is 16.1 Å². The van der Waals surface area contributed by atoms with E-state index in [0.717, 1.165) is 4.88 Å². The third-order valence-electron chi connectivity index (χ3n) is 2.47. The quantitative estimate of drug-likeness (QED) is 0.823. The van der Waals surface area contributed by atoms with Gasteiger partial charge in [-0.25, -0.2) is 0 Å². The van der Waals surface area contributed by atoms with Gasteiger partial charge in [0.1, 0.15) is 0 Å². The number of rotatable bonds is 6. The summed E-state index contributed by atoms with van der Waals surface area (Å²) in [7, 11) is 0. The maximum Gasteiger partial charge on any atom is 0.242 e. The number of halogens is 1. The molecular formula is C12H20ClN3O2S. The molecule has 19 heavy (non-hydrogen) atoms. The summed E-state index contributed by atoms with van der Waals surface area (Å²) in [6.45, 7) is 4.39. The molecule has 0 unspecified atom stereocenters. The van der Waals surface area contributed by atoms with Crippen LogP contribution in [0.4, 0.5) is 0 Å². The average Bonchev–Trinajstić information content (AvgIpc) is 2.85. The summed E-state index contributed by atoms with van der Waals surface area (Å²) in [4.78, 5) is 25.9. The zero-order chi connectivity index (χ0) is 13.5. The summed E-state index contributed by atoms with van der Waals surface area (Å²) < 4.78 is 0. The molecule has 1 aromatic rings. The van der Waals surface area contributed by atoms with Crippen molar-refractivity contribution >= 4 is 35.6 Å². The van der Waals surface area contributed by atoms with Gasteiger partial charge in [-0.3, -0.25) is 9.59 Å². The Morgan fingerprint density at radius 1 is 1.47 bits per heavy atom. The van der Waals surface area contributed by atoms with Gasteiger partial charge in [-0.2, -0.15) is 0 Å². The highest BCUT2D eigenvalue weighted by atomic mass is 35.5. The highest BCUT2D eigenvalue weighted by Gasteiger charge is 2.17. The first kappa shape index (κ1) is 17.9. The Bertz CT molecular complexity index is 396. The third kappa shape index (κ3) is 6.04. The van der Waals surface area contributed by atoms with E-state index in [9.17, 15) is 9.59 Å². The molecule has 0 spiro atoms. The zero-order valence-electron chi connectivity index (χ0n) is 11.1. The Labute approximate surface area is 123 Å². The van der Waals surface area contributed by atoms with Crippen LogP contribution in [0.25, 0.3) is 0 Å². The molecule has 1 heterocycles. The normalized spacial score (nSPS) is 9.89. The molecule has 2 amide bonds. The van der Waals surface area contributed by atoms with E-state index in [-0.39, 0.29) is 43.4 Å². The number of nitrogens with one attached hydrogen (secondary N) is 1. The number of hydrogen-bond acceptors (Lipinski definition) is 4. The van der Waals surface area contributed by atoms with Crippen LogP contribution in [0.3, 0.4) is 0 Å². The Kier molecular flexibility index (Phi) is 8.38. The van der Waals surface area contributed by atoms with Crippen molar-refractivity contribution in [1.82, 2.24) is 10.2 Å². The van der Waals surface area contributed by atoms with Crippen LogP contribution in [0.15, 0.2) is 17.5 Å². The summed E-state index contributed by atoms with van der Waals surface area (Å²) in [5, 5.41) is 4.48. The minimum Gasteiger partial charge on any atom is -0.346 e. The lowest BCUT2D eigenvalue weighted by atomic mass is 10.3. The van der Waals surface area contributed by atoms with Crippen molar-refractivity contribution in [2.24, 2.45) is 5.73 Å². The fourth-order valence-electron chi connectivity index (χ4n) is 1.48. The van der Waals surface area contributed by atoms with Crippen LogP contribution >= 0.6 is 23.7 Å². The maximum atomic E-state index is 12.0. The zero-order valence-corrected chi connectivity index (χ0v) is 12.7. The van der Waals surface area contributed by atoms with Crippen molar-refractivity contribution < 1.29 is 9.59 Å². The second kappa shape index (κ2) is 8.90. The van der Waals surface area contributed by atoms with E-state index in [2.05, 4.69) is 5.32 Å². The highest BCUT2D eigenvalue weighted by molar-refractivity contribution is 7.09. The first-order valence-electron chi connectivity index (χ1n) is 5.83. The van der Waals surface area contributed by atoms with Gasteiger partial charge in [0.25, 0.3) is 0 Å². The summed E-state index contributed by atoms with van der Waals surface area (Å²) >= 11 is 1.61. The molecule has 0 aliphatic heterocycles.